The second-order valence-corrected chi connectivity index (χ2v) is 8.93. The standard InChI is InChI=1S/C13H23NOS2/c1-10-6-7-12(16-10)11(2)14-8-9-17(15)13(3,4)5/h6-7,11,14H,8-9H2,1-5H3/t11-,17-/m1/s1. The van der Waals surface area contributed by atoms with Crippen LogP contribution < -0.4 is 5.32 Å². The molecule has 0 bridgehead atoms. The van der Waals surface area contributed by atoms with Crippen LogP contribution in [0.3, 0.4) is 0 Å². The van der Waals surface area contributed by atoms with Crippen molar-refractivity contribution in [3.05, 3.63) is 21.9 Å². The molecule has 0 aliphatic rings. The van der Waals surface area contributed by atoms with Gasteiger partial charge in [-0.3, -0.25) is 4.21 Å². The first-order chi connectivity index (χ1) is 7.80. The minimum absolute atomic E-state index is 0.107. The minimum atomic E-state index is -0.764. The third kappa shape index (κ3) is 4.90. The summed E-state index contributed by atoms with van der Waals surface area (Å²) >= 11 is 1.82. The van der Waals surface area contributed by atoms with Gasteiger partial charge in [0.15, 0.2) is 0 Å². The van der Waals surface area contributed by atoms with Gasteiger partial charge < -0.3 is 5.32 Å². The van der Waals surface area contributed by atoms with Crippen molar-refractivity contribution < 1.29 is 4.21 Å². The van der Waals surface area contributed by atoms with Crippen LogP contribution in [0.15, 0.2) is 12.1 Å². The highest BCUT2D eigenvalue weighted by Crippen LogP contribution is 2.22. The Morgan fingerprint density at radius 3 is 2.53 bits per heavy atom. The fourth-order valence-electron chi connectivity index (χ4n) is 1.46. The molecule has 1 N–H and O–H groups in total. The Labute approximate surface area is 111 Å². The monoisotopic (exact) mass is 273 g/mol. The van der Waals surface area contributed by atoms with E-state index >= 15 is 0 Å². The first-order valence-corrected chi connectivity index (χ1v) is 8.12. The fraction of sp³-hybridized carbons (Fsp3) is 0.692. The van der Waals surface area contributed by atoms with Gasteiger partial charge in [0.2, 0.25) is 0 Å². The van der Waals surface area contributed by atoms with Gasteiger partial charge in [0.1, 0.15) is 0 Å². The molecule has 0 amide bonds. The average Bonchev–Trinajstić information content (AvgIpc) is 2.63. The van der Waals surface area contributed by atoms with E-state index in [1.165, 1.54) is 9.75 Å². The molecule has 2 nitrogen and oxygen atoms in total. The van der Waals surface area contributed by atoms with Crippen molar-refractivity contribution in [2.45, 2.75) is 45.4 Å². The van der Waals surface area contributed by atoms with Gasteiger partial charge in [-0.15, -0.1) is 11.3 Å². The van der Waals surface area contributed by atoms with E-state index in [2.05, 4.69) is 31.3 Å². The third-order valence-electron chi connectivity index (χ3n) is 2.61. The summed E-state index contributed by atoms with van der Waals surface area (Å²) in [5, 5.41) is 3.43. The van der Waals surface area contributed by atoms with Crippen molar-refractivity contribution in [1.82, 2.24) is 5.32 Å². The predicted octanol–water partition coefficient (Wildman–Crippen LogP) is 3.25. The van der Waals surface area contributed by atoms with Crippen LogP contribution >= 0.6 is 11.3 Å². The maximum atomic E-state index is 11.9. The molecule has 4 heteroatoms. The van der Waals surface area contributed by atoms with E-state index in [9.17, 15) is 4.21 Å². The zero-order chi connectivity index (χ0) is 13.1. The molecule has 17 heavy (non-hydrogen) atoms. The van der Waals surface area contributed by atoms with Crippen molar-refractivity contribution in [2.24, 2.45) is 0 Å². The highest BCUT2D eigenvalue weighted by Gasteiger charge is 2.18. The molecule has 0 aliphatic heterocycles. The number of nitrogens with one attached hydrogen (secondary N) is 1. The van der Waals surface area contributed by atoms with Crippen LogP contribution in [0, 0.1) is 6.92 Å². The molecule has 0 saturated carbocycles. The first kappa shape index (κ1) is 14.9. The molecule has 0 spiro atoms. The summed E-state index contributed by atoms with van der Waals surface area (Å²) in [4.78, 5) is 2.69. The van der Waals surface area contributed by atoms with Gasteiger partial charge in [-0.25, -0.2) is 0 Å². The van der Waals surface area contributed by atoms with Crippen LogP contribution in [-0.2, 0) is 10.8 Å². The van der Waals surface area contributed by atoms with Crippen LogP contribution in [0.25, 0.3) is 0 Å². The predicted molar refractivity (Wildman–Crippen MR) is 78.2 cm³/mol. The molecule has 2 atom stereocenters. The molecule has 98 valence electrons. The van der Waals surface area contributed by atoms with Gasteiger partial charge in [-0.1, -0.05) is 0 Å². The molecular weight excluding hydrogens is 250 g/mol. The quantitative estimate of drug-likeness (QED) is 0.892. The SMILES string of the molecule is Cc1ccc([C@@H](C)NCC[S@@](=O)C(C)(C)C)s1. The van der Waals surface area contributed by atoms with Crippen LogP contribution in [0.5, 0.6) is 0 Å². The molecule has 0 unspecified atom stereocenters. The van der Waals surface area contributed by atoms with Gasteiger partial charge in [0.05, 0.1) is 0 Å². The van der Waals surface area contributed by atoms with E-state index in [0.717, 1.165) is 12.3 Å². The molecule has 1 aromatic rings. The number of thiophene rings is 1. The number of hydrogen-bond donors (Lipinski definition) is 1. The number of aryl methyl sites for hydroxylation is 1. The van der Waals surface area contributed by atoms with Gasteiger partial charge in [0.25, 0.3) is 0 Å². The maximum Gasteiger partial charge on any atom is 0.0386 e. The van der Waals surface area contributed by atoms with Crippen molar-refractivity contribution in [3.8, 4) is 0 Å². The molecule has 1 rings (SSSR count). The highest BCUT2D eigenvalue weighted by atomic mass is 32.2. The lowest BCUT2D eigenvalue weighted by Gasteiger charge is -2.19. The molecular formula is C13H23NOS2. The van der Waals surface area contributed by atoms with Crippen molar-refractivity contribution in [2.75, 3.05) is 12.3 Å². The molecule has 1 heterocycles. The van der Waals surface area contributed by atoms with Crippen molar-refractivity contribution >= 4 is 22.1 Å². The lowest BCUT2D eigenvalue weighted by molar-refractivity contribution is 0.598. The van der Waals surface area contributed by atoms with E-state index in [0.29, 0.717) is 6.04 Å². The number of hydrogen-bond acceptors (Lipinski definition) is 3. The lowest BCUT2D eigenvalue weighted by Crippen LogP contribution is -2.30. The summed E-state index contributed by atoms with van der Waals surface area (Å²) < 4.78 is 11.8. The lowest BCUT2D eigenvalue weighted by atomic mass is 10.3. The largest absolute Gasteiger partial charge is 0.309 e. The summed E-state index contributed by atoms with van der Waals surface area (Å²) in [6.45, 7) is 11.2. The van der Waals surface area contributed by atoms with Gasteiger partial charge in [0, 0.05) is 43.6 Å². The van der Waals surface area contributed by atoms with E-state index in [-0.39, 0.29) is 4.75 Å². The highest BCUT2D eigenvalue weighted by molar-refractivity contribution is 7.86. The molecule has 0 saturated heterocycles. The summed E-state index contributed by atoms with van der Waals surface area (Å²) in [5.41, 5.74) is 0. The summed E-state index contributed by atoms with van der Waals surface area (Å²) in [6.07, 6.45) is 0. The minimum Gasteiger partial charge on any atom is -0.309 e. The molecule has 1 aromatic heterocycles. The van der Waals surface area contributed by atoms with Crippen molar-refractivity contribution in [3.63, 3.8) is 0 Å². The van der Waals surface area contributed by atoms with E-state index < -0.39 is 10.8 Å². The van der Waals surface area contributed by atoms with Crippen molar-refractivity contribution in [1.29, 1.82) is 0 Å². The average molecular weight is 273 g/mol. The Kier molecular flexibility index (Phi) is 5.35. The second-order valence-electron chi connectivity index (χ2n) is 5.29. The van der Waals surface area contributed by atoms with Gasteiger partial charge in [-0.05, 0) is 46.8 Å². The molecule has 0 aromatic carbocycles. The smallest absolute Gasteiger partial charge is 0.0386 e. The Morgan fingerprint density at radius 2 is 2.06 bits per heavy atom. The zero-order valence-corrected chi connectivity index (χ0v) is 13.0. The van der Waals surface area contributed by atoms with Gasteiger partial charge in [-0.2, -0.15) is 0 Å². The summed E-state index contributed by atoms with van der Waals surface area (Å²) in [5.74, 6) is 0.720. The topological polar surface area (TPSA) is 29.1 Å². The van der Waals surface area contributed by atoms with Gasteiger partial charge >= 0.3 is 0 Å². The van der Waals surface area contributed by atoms with Crippen LogP contribution in [0.4, 0.5) is 0 Å². The fourth-order valence-corrected chi connectivity index (χ4v) is 3.28. The number of rotatable bonds is 5. The van der Waals surface area contributed by atoms with E-state index in [1.54, 1.807) is 0 Å². The molecule has 0 radical (unpaired) electrons. The molecule has 0 aliphatic carbocycles. The van der Waals surface area contributed by atoms with E-state index in [1.807, 2.05) is 32.1 Å². The molecule has 0 fully saturated rings. The third-order valence-corrected chi connectivity index (χ3v) is 5.73. The van der Waals surface area contributed by atoms with Crippen LogP contribution in [0.1, 0.15) is 43.5 Å². The van der Waals surface area contributed by atoms with Crippen LogP contribution in [0.2, 0.25) is 0 Å². The normalized spacial score (nSPS) is 15.8. The second kappa shape index (κ2) is 6.12. The summed E-state index contributed by atoms with van der Waals surface area (Å²) in [6, 6.07) is 4.66. The summed E-state index contributed by atoms with van der Waals surface area (Å²) in [7, 11) is -0.764. The maximum absolute atomic E-state index is 11.9. The zero-order valence-electron chi connectivity index (χ0n) is 11.4. The Hall–Kier alpha value is -0.190. The Morgan fingerprint density at radius 1 is 1.41 bits per heavy atom. The Bertz CT molecular complexity index is 379. The van der Waals surface area contributed by atoms with Crippen LogP contribution in [-0.4, -0.2) is 21.3 Å². The van der Waals surface area contributed by atoms with E-state index in [4.69, 9.17) is 0 Å². The first-order valence-electron chi connectivity index (χ1n) is 5.99. The Balaban J connectivity index is 2.35.